The first-order valence-corrected chi connectivity index (χ1v) is 10.7. The highest BCUT2D eigenvalue weighted by Crippen LogP contribution is 2.28. The molecule has 2 aromatic rings. The van der Waals surface area contributed by atoms with Gasteiger partial charge in [-0.25, -0.2) is 4.39 Å². The largest absolute Gasteiger partial charge is 0.490 e. The fourth-order valence-electron chi connectivity index (χ4n) is 3.70. The van der Waals surface area contributed by atoms with Crippen LogP contribution < -0.4 is 9.47 Å². The molecule has 0 radical (unpaired) electrons. The fraction of sp³-hybridized carbons (Fsp3) is 0.458. The highest BCUT2D eigenvalue weighted by Gasteiger charge is 2.22. The van der Waals surface area contributed by atoms with Gasteiger partial charge in [0.25, 0.3) is 0 Å². The normalized spacial score (nSPS) is 17.0. The van der Waals surface area contributed by atoms with Gasteiger partial charge in [-0.05, 0) is 55.7 Å². The van der Waals surface area contributed by atoms with Gasteiger partial charge in [0.2, 0.25) is 0 Å². The Morgan fingerprint density at radius 3 is 2.84 bits per heavy atom. The topological polar surface area (TPSA) is 68.2 Å². The summed E-state index contributed by atoms with van der Waals surface area (Å²) in [7, 11) is 0. The number of aliphatic hydroxyl groups is 1. The van der Waals surface area contributed by atoms with Crippen molar-refractivity contribution in [2.75, 3.05) is 32.9 Å². The number of carbonyl (C=O) groups excluding carboxylic acids is 1. The first kappa shape index (κ1) is 23.2. The van der Waals surface area contributed by atoms with Crippen LogP contribution in [0.3, 0.4) is 0 Å². The molecular weight excluding hydrogens is 401 g/mol. The summed E-state index contributed by atoms with van der Waals surface area (Å²) in [5.74, 6) is 0.665. The Balaban J connectivity index is 1.61. The van der Waals surface area contributed by atoms with Gasteiger partial charge in [-0.15, -0.1) is 0 Å². The molecule has 0 amide bonds. The molecule has 0 saturated carbocycles. The Hall–Kier alpha value is -2.48. The summed E-state index contributed by atoms with van der Waals surface area (Å²) < 4.78 is 30.7. The van der Waals surface area contributed by atoms with Crippen LogP contribution in [0.4, 0.5) is 4.39 Å². The van der Waals surface area contributed by atoms with Crippen LogP contribution in [0.5, 0.6) is 11.5 Å². The Labute approximate surface area is 182 Å². The van der Waals surface area contributed by atoms with Crippen molar-refractivity contribution < 1.29 is 28.5 Å². The molecule has 168 valence electrons. The Morgan fingerprint density at radius 2 is 2.13 bits per heavy atom. The van der Waals surface area contributed by atoms with Crippen LogP contribution in [0.15, 0.2) is 42.5 Å². The zero-order valence-electron chi connectivity index (χ0n) is 17.8. The van der Waals surface area contributed by atoms with Crippen LogP contribution in [-0.2, 0) is 11.3 Å². The van der Waals surface area contributed by atoms with Crippen molar-refractivity contribution >= 4 is 6.29 Å². The third kappa shape index (κ3) is 7.31. The average Bonchev–Trinajstić information content (AvgIpc) is 3.26. The molecule has 2 atom stereocenters. The Morgan fingerprint density at radius 1 is 1.26 bits per heavy atom. The minimum atomic E-state index is -0.768. The number of rotatable bonds is 12. The number of benzene rings is 2. The van der Waals surface area contributed by atoms with E-state index >= 15 is 0 Å². The van der Waals surface area contributed by atoms with Crippen LogP contribution in [-0.4, -0.2) is 61.4 Å². The molecule has 1 N–H and O–H groups in total. The van der Waals surface area contributed by atoms with Crippen molar-refractivity contribution in [3.8, 4) is 11.5 Å². The van der Waals surface area contributed by atoms with Gasteiger partial charge < -0.3 is 19.3 Å². The van der Waals surface area contributed by atoms with Crippen molar-refractivity contribution in [2.45, 2.75) is 38.5 Å². The summed E-state index contributed by atoms with van der Waals surface area (Å²) >= 11 is 0. The van der Waals surface area contributed by atoms with E-state index in [2.05, 4.69) is 4.90 Å². The van der Waals surface area contributed by atoms with Crippen molar-refractivity contribution in [1.82, 2.24) is 4.90 Å². The maximum atomic E-state index is 13.6. The monoisotopic (exact) mass is 431 g/mol. The summed E-state index contributed by atoms with van der Waals surface area (Å²) in [6.45, 7) is 4.61. The number of halogens is 1. The predicted molar refractivity (Wildman–Crippen MR) is 115 cm³/mol. The molecule has 0 bridgehead atoms. The first-order chi connectivity index (χ1) is 15.1. The van der Waals surface area contributed by atoms with Gasteiger partial charge in [-0.3, -0.25) is 9.69 Å². The van der Waals surface area contributed by atoms with E-state index in [0.717, 1.165) is 31.3 Å². The van der Waals surface area contributed by atoms with Crippen molar-refractivity contribution in [3.05, 3.63) is 59.4 Å². The predicted octanol–water partition coefficient (Wildman–Crippen LogP) is 3.46. The van der Waals surface area contributed by atoms with Crippen LogP contribution in [0, 0.1) is 5.82 Å². The number of carbonyl (C=O) groups is 1. The van der Waals surface area contributed by atoms with Crippen LogP contribution in [0.25, 0.3) is 0 Å². The van der Waals surface area contributed by atoms with E-state index in [0.29, 0.717) is 43.3 Å². The average molecular weight is 432 g/mol. The minimum Gasteiger partial charge on any atom is -0.490 e. The van der Waals surface area contributed by atoms with Crippen molar-refractivity contribution in [3.63, 3.8) is 0 Å². The minimum absolute atomic E-state index is 0.0612. The lowest BCUT2D eigenvalue weighted by Gasteiger charge is -2.27. The second-order valence-corrected chi connectivity index (χ2v) is 7.68. The molecular formula is C24H30FNO5. The molecule has 1 aliphatic rings. The highest BCUT2D eigenvalue weighted by atomic mass is 19.1. The molecule has 3 rings (SSSR count). The maximum Gasteiger partial charge on any atom is 0.161 e. The van der Waals surface area contributed by atoms with Gasteiger partial charge in [0.05, 0.1) is 12.7 Å². The number of aldehydes is 1. The van der Waals surface area contributed by atoms with E-state index < -0.39 is 6.10 Å². The lowest BCUT2D eigenvalue weighted by Crippen LogP contribution is -2.39. The number of aliphatic hydroxyl groups excluding tert-OH is 1. The maximum absolute atomic E-state index is 13.6. The highest BCUT2D eigenvalue weighted by molar-refractivity contribution is 5.76. The van der Waals surface area contributed by atoms with E-state index in [1.54, 1.807) is 24.3 Å². The third-order valence-electron chi connectivity index (χ3n) is 5.08. The number of nitrogens with zero attached hydrogens (tertiary/aromatic N) is 1. The molecule has 0 aromatic heterocycles. The lowest BCUT2D eigenvalue weighted by atomic mass is 10.1. The van der Waals surface area contributed by atoms with E-state index in [-0.39, 0.29) is 18.5 Å². The summed E-state index contributed by atoms with van der Waals surface area (Å²) in [4.78, 5) is 13.1. The second kappa shape index (κ2) is 11.8. The fourth-order valence-corrected chi connectivity index (χ4v) is 3.70. The van der Waals surface area contributed by atoms with Gasteiger partial charge in [0.1, 0.15) is 24.8 Å². The van der Waals surface area contributed by atoms with E-state index in [1.165, 1.54) is 12.1 Å². The van der Waals surface area contributed by atoms with Gasteiger partial charge in [0.15, 0.2) is 11.5 Å². The van der Waals surface area contributed by atoms with Gasteiger partial charge in [-0.2, -0.15) is 0 Å². The molecule has 2 unspecified atom stereocenters. The number of hydrogen-bond acceptors (Lipinski definition) is 6. The zero-order chi connectivity index (χ0) is 22.1. The molecule has 0 aliphatic carbocycles. The molecule has 1 saturated heterocycles. The van der Waals surface area contributed by atoms with E-state index in [4.69, 9.17) is 14.2 Å². The summed E-state index contributed by atoms with van der Waals surface area (Å²) in [6.07, 6.45) is 2.10. The van der Waals surface area contributed by atoms with Gasteiger partial charge >= 0.3 is 0 Å². The smallest absolute Gasteiger partial charge is 0.161 e. The van der Waals surface area contributed by atoms with Crippen LogP contribution in [0.1, 0.15) is 35.7 Å². The van der Waals surface area contributed by atoms with Crippen LogP contribution in [0.2, 0.25) is 0 Å². The molecule has 31 heavy (non-hydrogen) atoms. The molecule has 7 heteroatoms. The summed E-state index contributed by atoms with van der Waals surface area (Å²) in [5, 5.41) is 10.6. The lowest BCUT2D eigenvalue weighted by molar-refractivity contribution is 0.0309. The first-order valence-electron chi connectivity index (χ1n) is 10.7. The van der Waals surface area contributed by atoms with E-state index in [9.17, 15) is 14.3 Å². The quantitative estimate of drug-likeness (QED) is 0.519. The second-order valence-electron chi connectivity index (χ2n) is 7.68. The molecule has 1 heterocycles. The third-order valence-corrected chi connectivity index (χ3v) is 5.08. The van der Waals surface area contributed by atoms with Gasteiger partial charge in [-0.1, -0.05) is 12.1 Å². The molecule has 2 aromatic carbocycles. The number of hydrogen-bond donors (Lipinski definition) is 1. The van der Waals surface area contributed by atoms with Gasteiger partial charge in [0, 0.05) is 31.8 Å². The summed E-state index contributed by atoms with van der Waals surface area (Å²) in [5.41, 5.74) is 1.34. The number of ether oxygens (including phenoxy) is 3. The Kier molecular flexibility index (Phi) is 8.82. The molecule has 1 aliphatic heterocycles. The molecule has 6 nitrogen and oxygen atoms in total. The molecule has 1 fully saturated rings. The molecule has 0 spiro atoms. The standard InChI is InChI=1S/C24H30FNO5/c1-2-29-24-12-19(16-27)8-9-23(24)31-17-21(28)14-26(15-22-7-4-10-30-22)13-18-5-3-6-20(25)11-18/h3,5-6,8-9,11-12,16,21-22,28H,2,4,7,10,13-15,17H2,1H3. The summed E-state index contributed by atoms with van der Waals surface area (Å²) in [6, 6.07) is 11.4. The SMILES string of the molecule is CCOc1cc(C=O)ccc1OCC(O)CN(Cc1cccc(F)c1)CC1CCCO1. The van der Waals surface area contributed by atoms with Crippen molar-refractivity contribution in [2.24, 2.45) is 0 Å². The van der Waals surface area contributed by atoms with Crippen molar-refractivity contribution in [1.29, 1.82) is 0 Å². The van der Waals surface area contributed by atoms with Crippen LogP contribution >= 0.6 is 0 Å². The zero-order valence-corrected chi connectivity index (χ0v) is 17.8. The van der Waals surface area contributed by atoms with E-state index in [1.807, 2.05) is 13.0 Å². The Bertz CT molecular complexity index is 840.